The summed E-state index contributed by atoms with van der Waals surface area (Å²) in [6.45, 7) is 0.228. The highest BCUT2D eigenvalue weighted by Crippen LogP contribution is 2.44. The predicted molar refractivity (Wildman–Crippen MR) is 115 cm³/mol. The number of rotatable bonds is 6. The van der Waals surface area contributed by atoms with E-state index < -0.39 is 20.5 Å². The second-order valence-electron chi connectivity index (χ2n) is 7.01. The lowest BCUT2D eigenvalue weighted by Gasteiger charge is -2.26. The molecular weight excluding hydrogens is 424 g/mol. The van der Waals surface area contributed by atoms with E-state index in [0.29, 0.717) is 17.1 Å². The molecule has 1 N–H and O–H groups in total. The maximum absolute atomic E-state index is 13.7. The molecule has 2 aromatic carbocycles. The Labute approximate surface area is 179 Å². The summed E-state index contributed by atoms with van der Waals surface area (Å²) in [4.78, 5) is 21.9. The lowest BCUT2D eigenvalue weighted by molar-refractivity contribution is -0.122. The Balaban J connectivity index is 1.73. The van der Waals surface area contributed by atoms with E-state index in [1.807, 2.05) is 13.2 Å². The second kappa shape index (κ2) is 7.70. The van der Waals surface area contributed by atoms with E-state index in [1.54, 1.807) is 41.2 Å². The van der Waals surface area contributed by atoms with E-state index in [2.05, 4.69) is 15.3 Å². The minimum Gasteiger partial charge on any atom is -0.354 e. The summed E-state index contributed by atoms with van der Waals surface area (Å²) in [6, 6.07) is 12.6. The zero-order valence-corrected chi connectivity index (χ0v) is 17.7. The molecule has 0 saturated carbocycles. The molecule has 2 heterocycles. The van der Waals surface area contributed by atoms with E-state index in [9.17, 15) is 13.2 Å². The second-order valence-corrected chi connectivity index (χ2v) is 9.57. The summed E-state index contributed by atoms with van der Waals surface area (Å²) >= 11 is 6.15. The van der Waals surface area contributed by atoms with Crippen LogP contribution in [0, 0.1) is 0 Å². The van der Waals surface area contributed by atoms with Gasteiger partial charge in [0, 0.05) is 43.0 Å². The number of amides is 1. The normalized spacial score (nSPS) is 17.7. The molecule has 0 fully saturated rings. The van der Waals surface area contributed by atoms with Crippen molar-refractivity contribution in [3.63, 3.8) is 0 Å². The summed E-state index contributed by atoms with van der Waals surface area (Å²) in [5.41, 5.74) is 1.44. The van der Waals surface area contributed by atoms with Gasteiger partial charge in [-0.1, -0.05) is 29.8 Å². The Morgan fingerprint density at radius 3 is 2.67 bits per heavy atom. The number of nitrogens with zero attached hydrogens (tertiary/aromatic N) is 3. The number of nitrogens with one attached hydrogen (secondary N) is 1. The number of aryl methyl sites for hydroxylation is 1. The van der Waals surface area contributed by atoms with Crippen molar-refractivity contribution < 1.29 is 13.2 Å². The van der Waals surface area contributed by atoms with Crippen LogP contribution in [0.4, 0.5) is 5.69 Å². The first-order valence-electron chi connectivity index (χ1n) is 9.25. The summed E-state index contributed by atoms with van der Waals surface area (Å²) in [5.74, 6) is -0.674. The van der Waals surface area contributed by atoms with E-state index in [0.717, 1.165) is 5.69 Å². The number of halogens is 1. The summed E-state index contributed by atoms with van der Waals surface area (Å²) < 4.78 is 27.2. The van der Waals surface area contributed by atoms with Crippen molar-refractivity contribution in [3.8, 4) is 0 Å². The number of carbonyl (C=O) groups excluding carboxylic acids is 1. The number of hydrogen-bond donors (Lipinski definition) is 1. The molecule has 154 valence electrons. The van der Waals surface area contributed by atoms with Crippen LogP contribution in [0.1, 0.15) is 11.3 Å². The standard InChI is InChI=1S/C21H19ClN4O3S/c1-26-12-16(25-14-26)9-10-23-20(27)21(30(28,29)17-5-3-2-4-6-17)13-24-19-8-7-15(22)11-18(19)21/h2-8,11-14H,9-10H2,1H3,(H,23,27). The fourth-order valence-electron chi connectivity index (χ4n) is 3.48. The summed E-state index contributed by atoms with van der Waals surface area (Å²) in [6.07, 6.45) is 5.18. The van der Waals surface area contributed by atoms with E-state index >= 15 is 0 Å². The fourth-order valence-corrected chi connectivity index (χ4v) is 5.50. The predicted octanol–water partition coefficient (Wildman–Crippen LogP) is 2.82. The first kappa shape index (κ1) is 20.3. The average Bonchev–Trinajstić information content (AvgIpc) is 3.32. The van der Waals surface area contributed by atoms with Crippen LogP contribution in [0.2, 0.25) is 5.02 Å². The van der Waals surface area contributed by atoms with E-state index in [-0.39, 0.29) is 17.0 Å². The zero-order valence-electron chi connectivity index (χ0n) is 16.1. The molecule has 1 aromatic heterocycles. The van der Waals surface area contributed by atoms with Crippen LogP contribution < -0.4 is 5.32 Å². The summed E-state index contributed by atoms with van der Waals surface area (Å²) in [7, 11) is -2.31. The Morgan fingerprint density at radius 2 is 1.97 bits per heavy atom. The first-order valence-corrected chi connectivity index (χ1v) is 11.1. The van der Waals surface area contributed by atoms with Gasteiger partial charge in [0.05, 0.1) is 22.6 Å². The van der Waals surface area contributed by atoms with Crippen molar-refractivity contribution in [2.75, 3.05) is 6.54 Å². The summed E-state index contributed by atoms with van der Waals surface area (Å²) in [5, 5.41) is 3.08. The fraction of sp³-hybridized carbons (Fsp3) is 0.190. The Morgan fingerprint density at radius 1 is 1.20 bits per heavy atom. The molecule has 7 nitrogen and oxygen atoms in total. The Hall–Kier alpha value is -2.97. The van der Waals surface area contributed by atoms with Crippen molar-refractivity contribution in [1.82, 2.24) is 14.9 Å². The topological polar surface area (TPSA) is 93.4 Å². The lowest BCUT2D eigenvalue weighted by atomic mass is 9.99. The monoisotopic (exact) mass is 442 g/mol. The quantitative estimate of drug-likeness (QED) is 0.635. The van der Waals surface area contributed by atoms with Gasteiger partial charge in [-0.25, -0.2) is 13.4 Å². The minimum absolute atomic E-state index is 0.0316. The molecule has 3 aromatic rings. The van der Waals surface area contributed by atoms with Crippen molar-refractivity contribution in [2.45, 2.75) is 16.1 Å². The third-order valence-electron chi connectivity index (χ3n) is 4.98. The number of carbonyl (C=O) groups is 1. The van der Waals surface area contributed by atoms with Gasteiger partial charge in [0.2, 0.25) is 14.6 Å². The van der Waals surface area contributed by atoms with E-state index in [4.69, 9.17) is 11.6 Å². The first-order chi connectivity index (χ1) is 14.3. The number of aliphatic imine (C=N–C) groups is 1. The van der Waals surface area contributed by atoms with Crippen LogP contribution >= 0.6 is 11.6 Å². The minimum atomic E-state index is -4.16. The van der Waals surface area contributed by atoms with Gasteiger partial charge >= 0.3 is 0 Å². The van der Waals surface area contributed by atoms with Gasteiger partial charge < -0.3 is 9.88 Å². The molecule has 0 radical (unpaired) electrons. The molecule has 9 heteroatoms. The zero-order chi connectivity index (χ0) is 21.4. The van der Waals surface area contributed by atoms with Crippen LogP contribution in [-0.2, 0) is 32.8 Å². The van der Waals surface area contributed by atoms with Crippen LogP contribution in [-0.4, -0.2) is 36.6 Å². The van der Waals surface area contributed by atoms with Crippen molar-refractivity contribution in [1.29, 1.82) is 0 Å². The van der Waals surface area contributed by atoms with Crippen LogP contribution in [0.15, 0.2) is 70.9 Å². The highest BCUT2D eigenvalue weighted by Gasteiger charge is 2.55. The lowest BCUT2D eigenvalue weighted by Crippen LogP contribution is -2.50. The third kappa shape index (κ3) is 3.32. The largest absolute Gasteiger partial charge is 0.354 e. The van der Waals surface area contributed by atoms with Crippen molar-refractivity contribution in [3.05, 3.63) is 77.3 Å². The van der Waals surface area contributed by atoms with Gasteiger partial charge in [0.1, 0.15) is 0 Å². The van der Waals surface area contributed by atoms with Crippen LogP contribution in [0.5, 0.6) is 0 Å². The molecule has 0 bridgehead atoms. The molecule has 0 saturated heterocycles. The SMILES string of the molecule is Cn1cnc(CCNC(=O)C2(S(=O)(=O)c3ccccc3)C=Nc3ccc(Cl)cc32)c1. The molecule has 0 spiro atoms. The average molecular weight is 443 g/mol. The van der Waals surface area contributed by atoms with Crippen molar-refractivity contribution >= 4 is 39.2 Å². The number of hydrogen-bond acceptors (Lipinski definition) is 5. The number of benzene rings is 2. The maximum Gasteiger partial charge on any atom is 0.252 e. The third-order valence-corrected chi connectivity index (χ3v) is 7.47. The van der Waals surface area contributed by atoms with Gasteiger partial charge in [0.25, 0.3) is 5.91 Å². The van der Waals surface area contributed by atoms with E-state index in [1.165, 1.54) is 24.4 Å². The number of imidazole rings is 1. The smallest absolute Gasteiger partial charge is 0.252 e. The van der Waals surface area contributed by atoms with Crippen LogP contribution in [0.25, 0.3) is 0 Å². The van der Waals surface area contributed by atoms with Gasteiger partial charge in [-0.05, 0) is 30.3 Å². The molecule has 1 aliphatic rings. The van der Waals surface area contributed by atoms with Gasteiger partial charge in [0.15, 0.2) is 0 Å². The molecule has 1 atom stereocenters. The maximum atomic E-state index is 13.7. The highest BCUT2D eigenvalue weighted by molar-refractivity contribution is 7.94. The highest BCUT2D eigenvalue weighted by atomic mass is 35.5. The molecular formula is C21H19ClN4O3S. The Bertz CT molecular complexity index is 1240. The van der Waals surface area contributed by atoms with Gasteiger partial charge in [-0.15, -0.1) is 0 Å². The number of sulfone groups is 1. The van der Waals surface area contributed by atoms with Gasteiger partial charge in [-0.3, -0.25) is 9.79 Å². The molecule has 0 aliphatic carbocycles. The molecule has 1 aliphatic heterocycles. The molecule has 1 unspecified atom stereocenters. The molecule has 30 heavy (non-hydrogen) atoms. The van der Waals surface area contributed by atoms with Gasteiger partial charge in [-0.2, -0.15) is 0 Å². The molecule has 1 amide bonds. The van der Waals surface area contributed by atoms with Crippen LogP contribution in [0.3, 0.4) is 0 Å². The number of aromatic nitrogens is 2. The Kier molecular flexibility index (Phi) is 5.21. The molecule has 4 rings (SSSR count). The number of fused-ring (bicyclic) bond motifs is 1. The van der Waals surface area contributed by atoms with Crippen molar-refractivity contribution in [2.24, 2.45) is 12.0 Å².